The molecule has 0 saturated carbocycles. The van der Waals surface area contributed by atoms with Gasteiger partial charge in [-0.1, -0.05) is 19.4 Å². The van der Waals surface area contributed by atoms with Gasteiger partial charge >= 0.3 is 5.97 Å². The molecule has 0 aliphatic rings. The highest BCUT2D eigenvalue weighted by Crippen LogP contribution is 2.24. The molecule has 1 N–H and O–H groups in total. The molecule has 3 nitrogen and oxygen atoms in total. The predicted octanol–water partition coefficient (Wildman–Crippen LogP) is 3.16. The fraction of sp³-hybridized carbons (Fsp3) is 0.357. The van der Waals surface area contributed by atoms with Crippen LogP contribution in [0.2, 0.25) is 0 Å². The maximum atomic E-state index is 13.7. The first-order valence-electron chi connectivity index (χ1n) is 5.97. The fourth-order valence-corrected chi connectivity index (χ4v) is 1.69. The van der Waals surface area contributed by atoms with Crippen molar-refractivity contribution in [1.82, 2.24) is 0 Å². The van der Waals surface area contributed by atoms with Crippen molar-refractivity contribution in [3.8, 4) is 0 Å². The number of unbranched alkanes of at least 4 members (excludes halogenated alkanes) is 1. The van der Waals surface area contributed by atoms with Crippen molar-refractivity contribution in [2.75, 3.05) is 18.5 Å². The Hall–Kier alpha value is -1.84. The van der Waals surface area contributed by atoms with E-state index >= 15 is 0 Å². The van der Waals surface area contributed by atoms with Gasteiger partial charge in [0.25, 0.3) is 0 Å². The number of nitrogens with zero attached hydrogens (tertiary/aromatic N) is 1. The zero-order valence-electron chi connectivity index (χ0n) is 10.7. The van der Waals surface area contributed by atoms with Gasteiger partial charge in [-0.2, -0.15) is 0 Å². The Morgan fingerprint density at radius 1 is 1.50 bits per heavy atom. The molecule has 0 spiro atoms. The van der Waals surface area contributed by atoms with Crippen LogP contribution in [0.1, 0.15) is 25.3 Å². The van der Waals surface area contributed by atoms with Crippen LogP contribution in [-0.4, -0.2) is 24.7 Å². The molecular formula is C14H18FNO2. The average Bonchev–Trinajstić information content (AvgIpc) is 2.34. The number of carbonyl (C=O) groups is 1. The number of hydrogen-bond donors (Lipinski definition) is 1. The molecule has 0 unspecified atom stereocenters. The second kappa shape index (κ2) is 6.79. The Morgan fingerprint density at radius 2 is 2.22 bits per heavy atom. The average molecular weight is 251 g/mol. The summed E-state index contributed by atoms with van der Waals surface area (Å²) >= 11 is 0. The summed E-state index contributed by atoms with van der Waals surface area (Å²) in [7, 11) is 1.88. The van der Waals surface area contributed by atoms with Crippen molar-refractivity contribution in [1.29, 1.82) is 0 Å². The van der Waals surface area contributed by atoms with Crippen molar-refractivity contribution >= 4 is 17.7 Å². The highest BCUT2D eigenvalue weighted by molar-refractivity contribution is 5.87. The molecule has 0 bridgehead atoms. The number of hydrogen-bond acceptors (Lipinski definition) is 2. The van der Waals surface area contributed by atoms with Gasteiger partial charge in [0.1, 0.15) is 5.82 Å². The summed E-state index contributed by atoms with van der Waals surface area (Å²) in [5.41, 5.74) is 1.03. The van der Waals surface area contributed by atoms with E-state index in [1.165, 1.54) is 12.1 Å². The minimum absolute atomic E-state index is 0.318. The third-order valence-electron chi connectivity index (χ3n) is 2.68. The molecule has 18 heavy (non-hydrogen) atoms. The molecule has 1 aromatic carbocycles. The molecule has 0 aliphatic carbocycles. The lowest BCUT2D eigenvalue weighted by Gasteiger charge is -2.21. The first kappa shape index (κ1) is 14.2. The summed E-state index contributed by atoms with van der Waals surface area (Å²) in [6, 6.07) is 4.75. The number of carboxylic acid groups (broad SMARTS) is 1. The summed E-state index contributed by atoms with van der Waals surface area (Å²) in [5.74, 6) is -1.49. The van der Waals surface area contributed by atoms with Crippen LogP contribution in [0.5, 0.6) is 0 Å². The molecule has 0 saturated heterocycles. The standard InChI is InChI=1S/C14H18FNO2/c1-3-4-10-16(2)13-7-5-6-12(15)11(13)8-9-14(17)18/h5-9H,3-4,10H2,1-2H3,(H,17,18)/b9-8+. The second-order valence-electron chi connectivity index (χ2n) is 4.12. The summed E-state index contributed by atoms with van der Waals surface area (Å²) < 4.78 is 13.7. The van der Waals surface area contributed by atoms with Crippen molar-refractivity contribution in [3.05, 3.63) is 35.7 Å². The topological polar surface area (TPSA) is 40.5 Å². The van der Waals surface area contributed by atoms with E-state index < -0.39 is 11.8 Å². The van der Waals surface area contributed by atoms with Gasteiger partial charge in [0.2, 0.25) is 0 Å². The van der Waals surface area contributed by atoms with E-state index in [0.717, 1.165) is 25.5 Å². The molecule has 4 heteroatoms. The monoisotopic (exact) mass is 251 g/mol. The summed E-state index contributed by atoms with van der Waals surface area (Å²) in [6.45, 7) is 2.90. The number of carboxylic acids is 1. The largest absolute Gasteiger partial charge is 0.478 e. The van der Waals surface area contributed by atoms with Crippen LogP contribution in [-0.2, 0) is 4.79 Å². The van der Waals surface area contributed by atoms with E-state index in [9.17, 15) is 9.18 Å². The van der Waals surface area contributed by atoms with Crippen LogP contribution in [0.3, 0.4) is 0 Å². The number of benzene rings is 1. The molecule has 1 rings (SSSR count). The van der Waals surface area contributed by atoms with Crippen LogP contribution in [0.4, 0.5) is 10.1 Å². The summed E-state index contributed by atoms with van der Waals surface area (Å²) in [4.78, 5) is 12.5. The zero-order valence-corrected chi connectivity index (χ0v) is 10.7. The molecule has 0 amide bonds. The van der Waals surface area contributed by atoms with E-state index in [4.69, 9.17) is 5.11 Å². The Labute approximate surface area is 107 Å². The summed E-state index contributed by atoms with van der Waals surface area (Å²) in [5, 5.41) is 8.61. The lowest BCUT2D eigenvalue weighted by atomic mass is 10.1. The highest BCUT2D eigenvalue weighted by Gasteiger charge is 2.09. The molecule has 0 radical (unpaired) electrons. The van der Waals surface area contributed by atoms with Crippen LogP contribution < -0.4 is 4.90 Å². The first-order valence-corrected chi connectivity index (χ1v) is 5.97. The van der Waals surface area contributed by atoms with E-state index in [1.54, 1.807) is 12.1 Å². The number of aliphatic carboxylic acids is 1. The van der Waals surface area contributed by atoms with E-state index in [2.05, 4.69) is 6.92 Å². The van der Waals surface area contributed by atoms with Gasteiger partial charge < -0.3 is 10.0 Å². The van der Waals surface area contributed by atoms with Crippen LogP contribution >= 0.6 is 0 Å². The van der Waals surface area contributed by atoms with E-state index in [-0.39, 0.29) is 0 Å². The van der Waals surface area contributed by atoms with Gasteiger partial charge in [-0.05, 0) is 24.6 Å². The Kier molecular flexibility index (Phi) is 5.36. The smallest absolute Gasteiger partial charge is 0.328 e. The van der Waals surface area contributed by atoms with Crippen LogP contribution in [0.25, 0.3) is 6.08 Å². The van der Waals surface area contributed by atoms with Gasteiger partial charge in [-0.3, -0.25) is 0 Å². The zero-order chi connectivity index (χ0) is 13.5. The van der Waals surface area contributed by atoms with Gasteiger partial charge in [0, 0.05) is 30.9 Å². The minimum Gasteiger partial charge on any atom is -0.478 e. The maximum Gasteiger partial charge on any atom is 0.328 e. The molecule has 98 valence electrons. The first-order chi connectivity index (χ1) is 8.56. The molecule has 0 fully saturated rings. The quantitative estimate of drug-likeness (QED) is 0.789. The number of anilines is 1. The Bertz CT molecular complexity index is 443. The lowest BCUT2D eigenvalue weighted by Crippen LogP contribution is -2.19. The molecule has 0 heterocycles. The van der Waals surface area contributed by atoms with Crippen LogP contribution in [0.15, 0.2) is 24.3 Å². The lowest BCUT2D eigenvalue weighted by molar-refractivity contribution is -0.131. The molecular weight excluding hydrogens is 233 g/mol. The normalized spacial score (nSPS) is 10.8. The summed E-state index contributed by atoms with van der Waals surface area (Å²) in [6.07, 6.45) is 4.32. The van der Waals surface area contributed by atoms with Crippen LogP contribution in [0, 0.1) is 5.82 Å². The fourth-order valence-electron chi connectivity index (χ4n) is 1.69. The second-order valence-corrected chi connectivity index (χ2v) is 4.12. The van der Waals surface area contributed by atoms with Crippen molar-refractivity contribution in [2.45, 2.75) is 19.8 Å². The van der Waals surface area contributed by atoms with Gasteiger partial charge in [-0.25, -0.2) is 9.18 Å². The molecule has 0 aliphatic heterocycles. The maximum absolute atomic E-state index is 13.7. The minimum atomic E-state index is -1.08. The molecule has 1 aromatic rings. The predicted molar refractivity (Wildman–Crippen MR) is 71.2 cm³/mol. The third-order valence-corrected chi connectivity index (χ3v) is 2.68. The van der Waals surface area contributed by atoms with Gasteiger partial charge in [0.05, 0.1) is 0 Å². The Morgan fingerprint density at radius 3 is 2.83 bits per heavy atom. The highest BCUT2D eigenvalue weighted by atomic mass is 19.1. The van der Waals surface area contributed by atoms with E-state index in [1.807, 2.05) is 11.9 Å². The number of halogens is 1. The molecule has 0 aromatic heterocycles. The van der Waals surface area contributed by atoms with Crippen molar-refractivity contribution < 1.29 is 14.3 Å². The van der Waals surface area contributed by atoms with Crippen molar-refractivity contribution in [3.63, 3.8) is 0 Å². The van der Waals surface area contributed by atoms with Gasteiger partial charge in [0.15, 0.2) is 0 Å². The number of rotatable bonds is 6. The third kappa shape index (κ3) is 3.87. The SMILES string of the molecule is CCCCN(C)c1cccc(F)c1/C=C/C(=O)O. The molecule has 0 atom stereocenters. The van der Waals surface area contributed by atoms with E-state index in [0.29, 0.717) is 11.3 Å². The van der Waals surface area contributed by atoms with Crippen molar-refractivity contribution in [2.24, 2.45) is 0 Å². The van der Waals surface area contributed by atoms with Gasteiger partial charge in [-0.15, -0.1) is 0 Å². The Balaban J connectivity index is 3.03.